The number of rotatable bonds is 6. The molecule has 0 spiro atoms. The highest BCUT2D eigenvalue weighted by molar-refractivity contribution is 5.57. The van der Waals surface area contributed by atoms with Gasteiger partial charge >= 0.3 is 5.69 Å². The average molecular weight is 357 g/mol. The zero-order chi connectivity index (χ0) is 18.1. The van der Waals surface area contributed by atoms with Crippen molar-refractivity contribution in [1.82, 2.24) is 24.6 Å². The highest BCUT2D eigenvalue weighted by Crippen LogP contribution is 2.22. The van der Waals surface area contributed by atoms with Gasteiger partial charge in [0.05, 0.1) is 18.8 Å². The van der Waals surface area contributed by atoms with E-state index in [1.165, 1.54) is 0 Å². The van der Waals surface area contributed by atoms with Gasteiger partial charge in [-0.25, -0.2) is 9.78 Å². The maximum Gasteiger partial charge on any atom is 0.326 e. The van der Waals surface area contributed by atoms with Crippen LogP contribution < -0.4 is 21.7 Å². The van der Waals surface area contributed by atoms with E-state index in [9.17, 15) is 9.90 Å². The van der Waals surface area contributed by atoms with Gasteiger partial charge in [0.1, 0.15) is 11.5 Å². The van der Waals surface area contributed by atoms with Crippen molar-refractivity contribution in [2.24, 2.45) is 4.99 Å². The number of nitrogens with zero attached hydrogens (tertiary/aromatic N) is 4. The first kappa shape index (κ1) is 16.3. The Labute approximate surface area is 147 Å². The summed E-state index contributed by atoms with van der Waals surface area (Å²) in [5, 5.41) is 18.0. The van der Waals surface area contributed by atoms with Crippen molar-refractivity contribution in [3.05, 3.63) is 39.1 Å². The molecule has 26 heavy (non-hydrogen) atoms. The molecule has 1 saturated carbocycles. The van der Waals surface area contributed by atoms with Crippen molar-refractivity contribution in [3.8, 4) is 5.88 Å². The SMILES string of the molecule is COCCNc1cc(=NC2CC2)n2ncc(=Cc3[nH]c(=O)[nH]c3O)c2n1. The van der Waals surface area contributed by atoms with Crippen LogP contribution in [0.2, 0.25) is 0 Å². The van der Waals surface area contributed by atoms with Gasteiger partial charge in [0.2, 0.25) is 5.88 Å². The summed E-state index contributed by atoms with van der Waals surface area (Å²) in [5.74, 6) is 0.433. The fraction of sp³-hybridized carbons (Fsp3) is 0.375. The second kappa shape index (κ2) is 6.64. The van der Waals surface area contributed by atoms with Crippen LogP contribution in [0.3, 0.4) is 0 Å². The van der Waals surface area contributed by atoms with Crippen LogP contribution in [-0.2, 0) is 4.74 Å². The molecule has 0 unspecified atom stereocenters. The van der Waals surface area contributed by atoms with Crippen LogP contribution in [0.15, 0.2) is 22.1 Å². The third-order valence-electron chi connectivity index (χ3n) is 3.99. The highest BCUT2D eigenvalue weighted by atomic mass is 16.5. The van der Waals surface area contributed by atoms with E-state index in [1.807, 2.05) is 6.07 Å². The van der Waals surface area contributed by atoms with E-state index in [-0.39, 0.29) is 11.6 Å². The Morgan fingerprint density at radius 2 is 2.35 bits per heavy atom. The number of nitrogens with one attached hydrogen (secondary N) is 3. The number of aromatic nitrogens is 5. The van der Waals surface area contributed by atoms with E-state index >= 15 is 0 Å². The third kappa shape index (κ3) is 3.31. The fourth-order valence-electron chi connectivity index (χ4n) is 2.57. The number of ether oxygens (including phenoxy) is 1. The molecule has 3 aromatic rings. The first-order valence-corrected chi connectivity index (χ1v) is 8.32. The summed E-state index contributed by atoms with van der Waals surface area (Å²) >= 11 is 0. The van der Waals surface area contributed by atoms with Gasteiger partial charge in [0.25, 0.3) is 0 Å². The van der Waals surface area contributed by atoms with Crippen molar-refractivity contribution in [2.45, 2.75) is 18.9 Å². The molecule has 0 aliphatic heterocycles. The highest BCUT2D eigenvalue weighted by Gasteiger charge is 2.20. The standard InChI is InChI=1S/C16H19N7O3/c1-26-5-4-17-12-7-13(19-10-2-3-10)23-14(21-12)9(8-18-23)6-11-15(24)22-16(25)20-11/h6-8,10,17,24H,2-5H2,1H3,(H2,20,22,25). The maximum absolute atomic E-state index is 11.3. The van der Waals surface area contributed by atoms with E-state index in [0.717, 1.165) is 12.8 Å². The molecule has 3 aromatic heterocycles. The molecule has 10 heteroatoms. The largest absolute Gasteiger partial charge is 0.493 e. The molecule has 10 nitrogen and oxygen atoms in total. The molecule has 0 saturated heterocycles. The molecular formula is C16H19N7O3. The molecule has 1 fully saturated rings. The van der Waals surface area contributed by atoms with Crippen LogP contribution in [-0.4, -0.2) is 56.0 Å². The molecule has 3 heterocycles. The second-order valence-electron chi connectivity index (χ2n) is 6.10. The number of anilines is 1. The van der Waals surface area contributed by atoms with Crippen LogP contribution in [0.1, 0.15) is 18.5 Å². The lowest BCUT2D eigenvalue weighted by Crippen LogP contribution is -2.21. The van der Waals surface area contributed by atoms with Crippen LogP contribution in [0.25, 0.3) is 11.7 Å². The van der Waals surface area contributed by atoms with Gasteiger partial charge in [-0.3, -0.25) is 9.98 Å². The predicted octanol–water partition coefficient (Wildman–Crippen LogP) is -0.880. The lowest BCUT2D eigenvalue weighted by atomic mass is 10.3. The molecule has 1 aliphatic rings. The summed E-state index contributed by atoms with van der Waals surface area (Å²) in [7, 11) is 1.64. The topological polar surface area (TPSA) is 133 Å². The van der Waals surface area contributed by atoms with Crippen LogP contribution in [0.5, 0.6) is 5.88 Å². The zero-order valence-electron chi connectivity index (χ0n) is 14.2. The Balaban J connectivity index is 1.85. The van der Waals surface area contributed by atoms with Crippen molar-refractivity contribution in [1.29, 1.82) is 0 Å². The number of hydrogen-bond donors (Lipinski definition) is 4. The Morgan fingerprint density at radius 3 is 3.04 bits per heavy atom. The van der Waals surface area contributed by atoms with Crippen molar-refractivity contribution in [2.75, 3.05) is 25.6 Å². The maximum atomic E-state index is 11.3. The minimum Gasteiger partial charge on any atom is -0.493 e. The lowest BCUT2D eigenvalue weighted by molar-refractivity contribution is 0.210. The lowest BCUT2D eigenvalue weighted by Gasteiger charge is -2.05. The van der Waals surface area contributed by atoms with E-state index < -0.39 is 5.69 Å². The number of aromatic amines is 2. The Hall–Kier alpha value is -3.14. The number of aromatic hydroxyl groups is 1. The molecule has 136 valence electrons. The quantitative estimate of drug-likeness (QED) is 0.424. The number of methoxy groups -OCH3 is 1. The fourth-order valence-corrected chi connectivity index (χ4v) is 2.57. The Morgan fingerprint density at radius 1 is 1.50 bits per heavy atom. The Bertz CT molecular complexity index is 1110. The molecule has 0 atom stereocenters. The zero-order valence-corrected chi connectivity index (χ0v) is 14.2. The van der Waals surface area contributed by atoms with Gasteiger partial charge in [0, 0.05) is 24.9 Å². The first-order chi connectivity index (χ1) is 12.6. The van der Waals surface area contributed by atoms with Crippen molar-refractivity contribution in [3.63, 3.8) is 0 Å². The van der Waals surface area contributed by atoms with E-state index in [4.69, 9.17) is 9.73 Å². The summed E-state index contributed by atoms with van der Waals surface area (Å²) in [6.45, 7) is 1.17. The first-order valence-electron chi connectivity index (χ1n) is 8.32. The molecule has 4 rings (SSSR count). The number of imidazole rings is 1. The monoisotopic (exact) mass is 357 g/mol. The van der Waals surface area contributed by atoms with Crippen LogP contribution in [0, 0.1) is 0 Å². The van der Waals surface area contributed by atoms with Gasteiger partial charge in [-0.1, -0.05) is 0 Å². The van der Waals surface area contributed by atoms with E-state index in [2.05, 4.69) is 25.4 Å². The van der Waals surface area contributed by atoms with Crippen LogP contribution >= 0.6 is 0 Å². The summed E-state index contributed by atoms with van der Waals surface area (Å²) in [4.78, 5) is 25.4. The van der Waals surface area contributed by atoms with E-state index in [0.29, 0.717) is 41.4 Å². The number of H-pyrrole nitrogens is 2. The molecule has 0 amide bonds. The minimum atomic E-state index is -0.482. The smallest absolute Gasteiger partial charge is 0.326 e. The van der Waals surface area contributed by atoms with Gasteiger partial charge in [-0.15, -0.1) is 0 Å². The van der Waals surface area contributed by atoms with Crippen LogP contribution in [0.4, 0.5) is 5.82 Å². The Kier molecular flexibility index (Phi) is 4.17. The molecule has 4 N–H and O–H groups in total. The van der Waals surface area contributed by atoms with E-state index in [1.54, 1.807) is 23.9 Å². The molecular weight excluding hydrogens is 338 g/mol. The molecule has 0 bridgehead atoms. The average Bonchev–Trinajstić information content (AvgIpc) is 3.24. The minimum absolute atomic E-state index is 0.230. The van der Waals surface area contributed by atoms with Gasteiger partial charge < -0.3 is 20.1 Å². The predicted molar refractivity (Wildman–Crippen MR) is 93.8 cm³/mol. The van der Waals surface area contributed by atoms with Crippen molar-refractivity contribution < 1.29 is 9.84 Å². The molecule has 0 aromatic carbocycles. The number of hydrogen-bond acceptors (Lipinski definition) is 7. The number of fused-ring (bicyclic) bond motifs is 1. The van der Waals surface area contributed by atoms with Gasteiger partial charge in [0.15, 0.2) is 11.1 Å². The summed E-state index contributed by atoms with van der Waals surface area (Å²) in [5.41, 5.74) is 1.08. The molecule has 0 radical (unpaired) electrons. The van der Waals surface area contributed by atoms with Gasteiger partial charge in [-0.05, 0) is 18.9 Å². The summed E-state index contributed by atoms with van der Waals surface area (Å²) in [6.07, 6.45) is 5.39. The van der Waals surface area contributed by atoms with Gasteiger partial charge in [-0.2, -0.15) is 9.61 Å². The summed E-state index contributed by atoms with van der Waals surface area (Å²) < 4.78 is 6.72. The third-order valence-corrected chi connectivity index (χ3v) is 3.99. The normalized spacial score (nSPS) is 15.9. The molecule has 1 aliphatic carbocycles. The summed E-state index contributed by atoms with van der Waals surface area (Å²) in [6, 6.07) is 2.18. The van der Waals surface area contributed by atoms with Crippen molar-refractivity contribution >= 4 is 17.5 Å². The second-order valence-corrected chi connectivity index (χ2v) is 6.10.